The number of para-hydroxylation sites is 2. The Labute approximate surface area is 198 Å². The Morgan fingerprint density at radius 2 is 1.21 bits per heavy atom. The number of fused-ring (bicyclic) bond motifs is 2. The van der Waals surface area contributed by atoms with E-state index in [1.54, 1.807) is 24.8 Å². The molecule has 2 aromatic heterocycles. The molecule has 1 saturated carbocycles. The van der Waals surface area contributed by atoms with E-state index in [1.807, 2.05) is 77.7 Å². The third-order valence-corrected chi connectivity index (χ3v) is 7.34. The summed E-state index contributed by atoms with van der Waals surface area (Å²) >= 11 is 0. The van der Waals surface area contributed by atoms with Crippen molar-refractivity contribution < 1.29 is 9.59 Å². The van der Waals surface area contributed by atoms with Crippen LogP contribution in [0.4, 0.5) is 11.4 Å². The molecule has 5 heteroatoms. The molecule has 4 aromatic rings. The van der Waals surface area contributed by atoms with Gasteiger partial charge < -0.3 is 0 Å². The van der Waals surface area contributed by atoms with Crippen LogP contribution in [-0.2, 0) is 15.0 Å². The predicted molar refractivity (Wildman–Crippen MR) is 130 cm³/mol. The Bertz CT molecular complexity index is 1300. The number of amides is 1. The summed E-state index contributed by atoms with van der Waals surface area (Å²) in [5.41, 5.74) is 3.67. The first kappa shape index (κ1) is 20.5. The van der Waals surface area contributed by atoms with Gasteiger partial charge in [-0.05, 0) is 59.2 Å². The third-order valence-electron chi connectivity index (χ3n) is 7.34. The van der Waals surface area contributed by atoms with Crippen LogP contribution in [0.25, 0.3) is 0 Å². The van der Waals surface area contributed by atoms with Gasteiger partial charge in [0.15, 0.2) is 0 Å². The summed E-state index contributed by atoms with van der Waals surface area (Å²) < 4.78 is 0. The summed E-state index contributed by atoms with van der Waals surface area (Å²) in [6.45, 7) is 0. The maximum absolute atomic E-state index is 14.8. The number of carbonyl (C=O) groups excluding carboxylic acids is 2. The molecule has 0 N–H and O–H groups in total. The van der Waals surface area contributed by atoms with Crippen LogP contribution in [0.15, 0.2) is 104 Å². The molecule has 166 valence electrons. The average molecular weight is 446 g/mol. The van der Waals surface area contributed by atoms with Crippen molar-refractivity contribution in [2.75, 3.05) is 4.90 Å². The fourth-order valence-corrected chi connectivity index (χ4v) is 5.99. The van der Waals surface area contributed by atoms with E-state index in [0.29, 0.717) is 12.8 Å². The fourth-order valence-electron chi connectivity index (χ4n) is 5.99. The Balaban J connectivity index is 1.67. The topological polar surface area (TPSA) is 63.2 Å². The lowest BCUT2D eigenvalue weighted by Crippen LogP contribution is -2.51. The van der Waals surface area contributed by atoms with E-state index in [-0.39, 0.29) is 23.5 Å². The molecule has 2 aliphatic rings. The molecule has 0 saturated heterocycles. The second-order valence-electron chi connectivity index (χ2n) is 8.98. The van der Waals surface area contributed by atoms with Crippen LogP contribution >= 0.6 is 0 Å². The molecule has 1 amide bonds. The molecule has 34 heavy (non-hydrogen) atoms. The zero-order valence-corrected chi connectivity index (χ0v) is 18.5. The summed E-state index contributed by atoms with van der Waals surface area (Å²) in [4.78, 5) is 38.2. The van der Waals surface area contributed by atoms with Gasteiger partial charge in [-0.3, -0.25) is 24.5 Å². The number of carbonyl (C=O) groups is 2. The summed E-state index contributed by atoms with van der Waals surface area (Å²) in [6.07, 6.45) is 7.59. The van der Waals surface area contributed by atoms with Crippen LogP contribution in [0.1, 0.15) is 41.4 Å². The fraction of sp³-hybridized carbons (Fsp3) is 0.172. The van der Waals surface area contributed by atoms with E-state index < -0.39 is 5.41 Å². The molecule has 2 atom stereocenters. The van der Waals surface area contributed by atoms with Crippen molar-refractivity contribution in [1.82, 2.24) is 9.97 Å². The highest BCUT2D eigenvalue weighted by Crippen LogP contribution is 2.62. The van der Waals surface area contributed by atoms with Crippen molar-refractivity contribution in [2.45, 2.75) is 30.1 Å². The largest absolute Gasteiger partial charge is 0.300 e. The zero-order valence-electron chi connectivity index (χ0n) is 18.5. The number of pyridine rings is 2. The van der Waals surface area contributed by atoms with Crippen LogP contribution in [0.2, 0.25) is 0 Å². The predicted octanol–water partition coefficient (Wildman–Crippen LogP) is 5.32. The summed E-state index contributed by atoms with van der Waals surface area (Å²) in [5, 5.41) is 0. The minimum atomic E-state index is -0.928. The highest BCUT2D eigenvalue weighted by atomic mass is 16.2. The highest BCUT2D eigenvalue weighted by Gasteiger charge is 2.63. The summed E-state index contributed by atoms with van der Waals surface area (Å²) in [6, 6.07) is 25.6. The molecule has 5 nitrogen and oxygen atoms in total. The van der Waals surface area contributed by atoms with E-state index >= 15 is 0 Å². The van der Waals surface area contributed by atoms with Crippen molar-refractivity contribution in [2.24, 2.45) is 0 Å². The molecular formula is C29H23N3O2. The number of hydrogen-bond acceptors (Lipinski definition) is 4. The molecule has 1 spiro atoms. The first-order valence-electron chi connectivity index (χ1n) is 11.5. The van der Waals surface area contributed by atoms with Crippen molar-refractivity contribution in [1.29, 1.82) is 0 Å². The number of anilines is 2. The number of aromatic nitrogens is 2. The highest BCUT2D eigenvalue weighted by molar-refractivity contribution is 6.15. The van der Waals surface area contributed by atoms with Gasteiger partial charge >= 0.3 is 0 Å². The van der Waals surface area contributed by atoms with Crippen LogP contribution < -0.4 is 4.90 Å². The molecule has 1 aliphatic heterocycles. The number of ketones is 1. The second kappa shape index (κ2) is 8.03. The lowest BCUT2D eigenvalue weighted by atomic mass is 9.54. The van der Waals surface area contributed by atoms with E-state index in [9.17, 15) is 9.59 Å². The van der Waals surface area contributed by atoms with Crippen LogP contribution in [0, 0.1) is 0 Å². The van der Waals surface area contributed by atoms with Gasteiger partial charge in [0.2, 0.25) is 5.91 Å². The van der Waals surface area contributed by atoms with Crippen LogP contribution in [0.5, 0.6) is 0 Å². The maximum Gasteiger partial charge on any atom is 0.243 e. The van der Waals surface area contributed by atoms with Crippen molar-refractivity contribution in [3.8, 4) is 0 Å². The third kappa shape index (κ3) is 2.93. The SMILES string of the molecule is O=C1CC(c2ccncc2)C2(C(=O)N(c3ccccc3)c3ccccc32)C(c2ccncc2)C1. The molecule has 1 fully saturated rings. The zero-order chi connectivity index (χ0) is 23.1. The van der Waals surface area contributed by atoms with E-state index in [1.165, 1.54) is 0 Å². The standard InChI is InChI=1S/C29H23N3O2/c33-23-18-25(20-10-14-30-15-11-20)29(26(19-23)21-12-16-31-17-13-21)24-8-4-5-9-27(24)32(28(29)34)22-6-2-1-3-7-22/h1-17,25-26H,18-19H2. The van der Waals surface area contributed by atoms with E-state index in [2.05, 4.69) is 16.0 Å². The molecule has 0 bridgehead atoms. The second-order valence-corrected chi connectivity index (χ2v) is 8.98. The molecule has 2 unspecified atom stereocenters. The Hall–Kier alpha value is -4.12. The smallest absolute Gasteiger partial charge is 0.243 e. The lowest BCUT2D eigenvalue weighted by molar-refractivity contribution is -0.129. The average Bonchev–Trinajstić information content (AvgIpc) is 3.15. The Kier molecular flexibility index (Phi) is 4.84. The van der Waals surface area contributed by atoms with Gasteiger partial charge in [0.1, 0.15) is 5.78 Å². The normalized spacial score (nSPS) is 23.8. The molecule has 0 radical (unpaired) electrons. The quantitative estimate of drug-likeness (QED) is 0.428. The van der Waals surface area contributed by atoms with Crippen LogP contribution in [0.3, 0.4) is 0 Å². The number of rotatable bonds is 3. The Morgan fingerprint density at radius 3 is 1.79 bits per heavy atom. The van der Waals surface area contributed by atoms with Crippen molar-refractivity contribution in [3.63, 3.8) is 0 Å². The van der Waals surface area contributed by atoms with E-state index in [4.69, 9.17) is 0 Å². The number of hydrogen-bond donors (Lipinski definition) is 0. The summed E-state index contributed by atoms with van der Waals surface area (Å²) in [7, 11) is 0. The number of benzene rings is 2. The lowest BCUT2D eigenvalue weighted by Gasteiger charge is -2.46. The first-order valence-corrected chi connectivity index (χ1v) is 11.5. The molecular weight excluding hydrogens is 422 g/mol. The van der Waals surface area contributed by atoms with Gasteiger partial charge in [-0.15, -0.1) is 0 Å². The minimum absolute atomic E-state index is 0.0102. The van der Waals surface area contributed by atoms with Gasteiger partial charge in [0.25, 0.3) is 0 Å². The molecule has 3 heterocycles. The van der Waals surface area contributed by atoms with Gasteiger partial charge in [-0.2, -0.15) is 0 Å². The van der Waals surface area contributed by atoms with Gasteiger partial charge in [-0.1, -0.05) is 36.4 Å². The molecule has 6 rings (SSSR count). The number of nitrogens with zero attached hydrogens (tertiary/aromatic N) is 3. The van der Waals surface area contributed by atoms with Gasteiger partial charge in [0.05, 0.1) is 11.1 Å². The molecule has 2 aromatic carbocycles. The van der Waals surface area contributed by atoms with Crippen molar-refractivity contribution in [3.05, 3.63) is 120 Å². The summed E-state index contributed by atoms with van der Waals surface area (Å²) in [5.74, 6) is -0.441. The van der Waals surface area contributed by atoms with Crippen molar-refractivity contribution >= 4 is 23.1 Å². The van der Waals surface area contributed by atoms with Gasteiger partial charge in [0, 0.05) is 55.2 Å². The monoisotopic (exact) mass is 445 g/mol. The maximum atomic E-state index is 14.8. The number of Topliss-reactive ketones (excluding diaryl/α,β-unsaturated/α-hetero) is 1. The van der Waals surface area contributed by atoms with Gasteiger partial charge in [-0.25, -0.2) is 0 Å². The minimum Gasteiger partial charge on any atom is -0.300 e. The van der Waals surface area contributed by atoms with E-state index in [0.717, 1.165) is 28.1 Å². The Morgan fingerprint density at radius 1 is 0.676 bits per heavy atom. The molecule has 1 aliphatic carbocycles. The first-order chi connectivity index (χ1) is 16.7. The van der Waals surface area contributed by atoms with Crippen LogP contribution in [-0.4, -0.2) is 21.7 Å².